The monoisotopic (exact) mass is 485 g/mol. The number of anilines is 1. The fourth-order valence-corrected chi connectivity index (χ4v) is 4.61. The molecule has 6 nitrogen and oxygen atoms in total. The molecule has 1 aromatic heterocycles. The van der Waals surface area contributed by atoms with Gasteiger partial charge in [0.2, 0.25) is 11.8 Å². The highest BCUT2D eigenvalue weighted by molar-refractivity contribution is 5.89. The molecule has 2 aromatic rings. The SMILES string of the molecule is COc1ccc(NC(=O)N2CC/C(=C\c3cccc(OCC4CCC(F)(F)CC4)c3)C(C)C2)cn1. The molecule has 1 aliphatic carbocycles. The largest absolute Gasteiger partial charge is 0.493 e. The molecule has 1 atom stereocenters. The molecule has 8 heteroatoms. The van der Waals surface area contributed by atoms with E-state index in [1.807, 2.05) is 29.2 Å². The van der Waals surface area contributed by atoms with Gasteiger partial charge in [-0.1, -0.05) is 30.7 Å². The Morgan fingerprint density at radius 1 is 1.26 bits per heavy atom. The van der Waals surface area contributed by atoms with Gasteiger partial charge in [-0.05, 0) is 54.9 Å². The predicted octanol–water partition coefficient (Wildman–Crippen LogP) is 6.25. The number of benzene rings is 1. The third-order valence-corrected chi connectivity index (χ3v) is 6.81. The van der Waals surface area contributed by atoms with Gasteiger partial charge in [0.05, 0.1) is 25.6 Å². The number of likely N-dealkylation sites (tertiary alicyclic amines) is 1. The minimum atomic E-state index is -2.51. The summed E-state index contributed by atoms with van der Waals surface area (Å²) in [5.41, 5.74) is 2.96. The van der Waals surface area contributed by atoms with Gasteiger partial charge >= 0.3 is 6.03 Å². The van der Waals surface area contributed by atoms with Gasteiger partial charge in [-0.3, -0.25) is 0 Å². The zero-order valence-electron chi connectivity index (χ0n) is 20.3. The smallest absolute Gasteiger partial charge is 0.321 e. The Labute approximate surface area is 205 Å². The van der Waals surface area contributed by atoms with Gasteiger partial charge in [0.15, 0.2) is 0 Å². The Morgan fingerprint density at radius 3 is 2.74 bits per heavy atom. The van der Waals surface area contributed by atoms with E-state index in [2.05, 4.69) is 23.3 Å². The Balaban J connectivity index is 1.29. The lowest BCUT2D eigenvalue weighted by atomic mass is 9.87. The summed E-state index contributed by atoms with van der Waals surface area (Å²) in [5, 5.41) is 2.89. The molecule has 1 N–H and O–H groups in total. The normalized spacial score (nSPS) is 21.5. The first-order valence-electron chi connectivity index (χ1n) is 12.2. The van der Waals surface area contributed by atoms with E-state index in [0.29, 0.717) is 44.1 Å². The van der Waals surface area contributed by atoms with Gasteiger partial charge < -0.3 is 19.7 Å². The van der Waals surface area contributed by atoms with Gasteiger partial charge in [-0.15, -0.1) is 0 Å². The summed E-state index contributed by atoms with van der Waals surface area (Å²) in [6.45, 7) is 3.86. The Hall–Kier alpha value is -3.16. The number of methoxy groups -OCH3 is 1. The molecule has 1 unspecified atom stereocenters. The maximum absolute atomic E-state index is 13.4. The lowest BCUT2D eigenvalue weighted by Crippen LogP contribution is -2.42. The second kappa shape index (κ2) is 11.1. The van der Waals surface area contributed by atoms with Crippen molar-refractivity contribution in [1.29, 1.82) is 0 Å². The van der Waals surface area contributed by atoms with Crippen molar-refractivity contribution in [2.24, 2.45) is 11.8 Å². The first-order chi connectivity index (χ1) is 16.8. The summed E-state index contributed by atoms with van der Waals surface area (Å²) < 4.78 is 37.7. The van der Waals surface area contributed by atoms with Crippen LogP contribution in [0.5, 0.6) is 11.6 Å². The van der Waals surface area contributed by atoms with Crippen molar-refractivity contribution in [3.8, 4) is 11.6 Å². The molecule has 0 bridgehead atoms. The van der Waals surface area contributed by atoms with Crippen LogP contribution < -0.4 is 14.8 Å². The molecule has 2 aliphatic rings. The number of nitrogens with zero attached hydrogens (tertiary/aromatic N) is 2. The third-order valence-electron chi connectivity index (χ3n) is 6.81. The van der Waals surface area contributed by atoms with E-state index in [1.165, 1.54) is 5.57 Å². The average Bonchev–Trinajstić information content (AvgIpc) is 2.85. The van der Waals surface area contributed by atoms with Crippen LogP contribution >= 0.6 is 0 Å². The van der Waals surface area contributed by atoms with Crippen molar-refractivity contribution in [3.63, 3.8) is 0 Å². The first-order valence-corrected chi connectivity index (χ1v) is 12.2. The molecule has 1 saturated carbocycles. The van der Waals surface area contributed by atoms with Crippen molar-refractivity contribution in [2.75, 3.05) is 32.1 Å². The molecular formula is C27H33F2N3O3. The number of halogens is 2. The summed E-state index contributed by atoms with van der Waals surface area (Å²) in [7, 11) is 1.55. The van der Waals surface area contributed by atoms with E-state index in [9.17, 15) is 13.6 Å². The first kappa shape index (κ1) is 24.9. The lowest BCUT2D eigenvalue weighted by molar-refractivity contribution is -0.0498. The van der Waals surface area contributed by atoms with Gasteiger partial charge in [0.25, 0.3) is 0 Å². The molecule has 2 fully saturated rings. The molecule has 2 amide bonds. The number of carbonyl (C=O) groups excluding carboxylic acids is 1. The molecule has 35 heavy (non-hydrogen) atoms. The van der Waals surface area contributed by atoms with Crippen molar-refractivity contribution in [1.82, 2.24) is 9.88 Å². The van der Waals surface area contributed by atoms with E-state index in [-0.39, 0.29) is 30.7 Å². The van der Waals surface area contributed by atoms with Crippen molar-refractivity contribution in [2.45, 2.75) is 45.0 Å². The number of rotatable bonds is 6. The van der Waals surface area contributed by atoms with Crippen molar-refractivity contribution in [3.05, 3.63) is 53.7 Å². The summed E-state index contributed by atoms with van der Waals surface area (Å²) in [4.78, 5) is 18.6. The maximum atomic E-state index is 13.4. The molecule has 4 rings (SSSR count). The van der Waals surface area contributed by atoms with Crippen LogP contribution in [0.15, 0.2) is 48.2 Å². The Morgan fingerprint density at radius 2 is 2.06 bits per heavy atom. The number of ether oxygens (including phenoxy) is 2. The maximum Gasteiger partial charge on any atom is 0.321 e. The highest BCUT2D eigenvalue weighted by Gasteiger charge is 2.35. The van der Waals surface area contributed by atoms with E-state index < -0.39 is 5.92 Å². The molecule has 188 valence electrons. The highest BCUT2D eigenvalue weighted by Crippen LogP contribution is 2.36. The number of alkyl halides is 2. The molecule has 0 radical (unpaired) electrons. The third kappa shape index (κ3) is 6.93. The van der Waals surface area contributed by atoms with Gasteiger partial charge in [-0.2, -0.15) is 0 Å². The highest BCUT2D eigenvalue weighted by atomic mass is 19.3. The van der Waals surface area contributed by atoms with Crippen molar-refractivity contribution < 1.29 is 23.0 Å². The lowest BCUT2D eigenvalue weighted by Gasteiger charge is -2.33. The zero-order valence-corrected chi connectivity index (χ0v) is 20.3. The van der Waals surface area contributed by atoms with Crippen LogP contribution in [0.2, 0.25) is 0 Å². The summed E-state index contributed by atoms with van der Waals surface area (Å²) in [6, 6.07) is 11.2. The number of aromatic nitrogens is 1. The van der Waals surface area contributed by atoms with E-state index in [4.69, 9.17) is 9.47 Å². The Bertz CT molecular complexity index is 1030. The second-order valence-electron chi connectivity index (χ2n) is 9.52. The molecule has 0 spiro atoms. The predicted molar refractivity (Wildman–Crippen MR) is 132 cm³/mol. The van der Waals surface area contributed by atoms with Crippen LogP contribution in [0.1, 0.15) is 44.6 Å². The zero-order chi connectivity index (χ0) is 24.8. The molecule has 2 heterocycles. The minimum Gasteiger partial charge on any atom is -0.493 e. The van der Waals surface area contributed by atoms with Crippen LogP contribution in [0, 0.1) is 11.8 Å². The molecular weight excluding hydrogens is 452 g/mol. The number of carbonyl (C=O) groups is 1. The number of nitrogens with one attached hydrogen (secondary N) is 1. The number of amides is 2. The number of pyridine rings is 1. The topological polar surface area (TPSA) is 63.7 Å². The summed E-state index contributed by atoms with van der Waals surface area (Å²) in [5.74, 6) is -0.854. The van der Waals surface area contributed by atoms with Crippen LogP contribution in [-0.2, 0) is 0 Å². The van der Waals surface area contributed by atoms with Gasteiger partial charge in [-0.25, -0.2) is 18.6 Å². The van der Waals surface area contributed by atoms with Gasteiger partial charge in [0, 0.05) is 32.0 Å². The van der Waals surface area contributed by atoms with E-state index in [0.717, 1.165) is 17.7 Å². The Kier molecular flexibility index (Phi) is 7.88. The molecule has 1 saturated heterocycles. The molecule has 1 aromatic carbocycles. The van der Waals surface area contributed by atoms with Crippen molar-refractivity contribution >= 4 is 17.8 Å². The summed E-state index contributed by atoms with van der Waals surface area (Å²) in [6.07, 6.45) is 5.46. The van der Waals surface area contributed by atoms with Crippen LogP contribution in [0.3, 0.4) is 0 Å². The second-order valence-corrected chi connectivity index (χ2v) is 9.52. The average molecular weight is 486 g/mol. The minimum absolute atomic E-state index is 0.0446. The number of urea groups is 1. The standard InChI is InChI=1S/C27H33F2N3O3/c1-19-17-32(26(33)31-23-6-7-25(34-2)30-16-23)13-10-22(19)14-21-4-3-5-24(15-21)35-18-20-8-11-27(28,29)12-9-20/h3-7,14-16,19-20H,8-13,17-18H2,1-2H3,(H,31,33)/b22-14+. The van der Waals surface area contributed by atoms with E-state index >= 15 is 0 Å². The van der Waals surface area contributed by atoms with E-state index in [1.54, 1.807) is 25.4 Å². The quantitative estimate of drug-likeness (QED) is 0.525. The van der Waals surface area contributed by atoms with Crippen LogP contribution in [0.25, 0.3) is 6.08 Å². The fraction of sp³-hybridized carbons (Fsp3) is 0.481. The number of piperidine rings is 1. The van der Waals surface area contributed by atoms with Crippen LogP contribution in [-0.4, -0.2) is 48.6 Å². The van der Waals surface area contributed by atoms with Crippen LogP contribution in [0.4, 0.5) is 19.3 Å². The fourth-order valence-electron chi connectivity index (χ4n) is 4.61. The number of hydrogen-bond donors (Lipinski definition) is 1. The number of hydrogen-bond acceptors (Lipinski definition) is 4. The summed E-state index contributed by atoms with van der Waals surface area (Å²) >= 11 is 0. The van der Waals surface area contributed by atoms with Gasteiger partial charge in [0.1, 0.15) is 5.75 Å². The molecule has 1 aliphatic heterocycles.